The molecule has 0 radical (unpaired) electrons. The third-order valence-electron chi connectivity index (χ3n) is 6.51. The normalized spacial score (nSPS) is 17.9. The van der Waals surface area contributed by atoms with Gasteiger partial charge in [0.15, 0.2) is 5.70 Å². The minimum Gasteiger partial charge on any atom is -0.599 e. The van der Waals surface area contributed by atoms with Gasteiger partial charge in [-0.2, -0.15) is 0 Å². The van der Waals surface area contributed by atoms with Crippen molar-refractivity contribution in [1.82, 2.24) is 4.48 Å². The van der Waals surface area contributed by atoms with Crippen molar-refractivity contribution < 1.29 is 13.8 Å². The first-order chi connectivity index (χ1) is 14.9. The number of halogens is 1. The second-order valence-electron chi connectivity index (χ2n) is 8.57. The zero-order chi connectivity index (χ0) is 21.5. The molecule has 3 aromatic rings. The van der Waals surface area contributed by atoms with Gasteiger partial charge in [-0.25, -0.2) is 0 Å². The van der Waals surface area contributed by atoms with Crippen molar-refractivity contribution in [2.75, 3.05) is 0 Å². The summed E-state index contributed by atoms with van der Waals surface area (Å²) in [7, 11) is 0. The topological polar surface area (TPSA) is 26.4 Å². The van der Waals surface area contributed by atoms with Gasteiger partial charge in [0.1, 0.15) is 17.2 Å². The van der Waals surface area contributed by atoms with Crippen molar-refractivity contribution in [2.24, 2.45) is 0 Å². The first-order valence-corrected chi connectivity index (χ1v) is 11.6. The van der Waals surface area contributed by atoms with Gasteiger partial charge in [0.2, 0.25) is 0 Å². The van der Waals surface area contributed by atoms with E-state index in [0.717, 1.165) is 22.9 Å². The van der Waals surface area contributed by atoms with E-state index in [1.807, 2.05) is 24.3 Å². The van der Waals surface area contributed by atoms with Crippen molar-refractivity contribution >= 4 is 40.7 Å². The summed E-state index contributed by atoms with van der Waals surface area (Å²) in [6, 6.07) is 19.0. The third kappa shape index (κ3) is 2.45. The first-order valence-electron chi connectivity index (χ1n) is 10.5. The van der Waals surface area contributed by atoms with Crippen LogP contribution in [-0.2, 0) is 0 Å². The van der Waals surface area contributed by atoms with Crippen LogP contribution in [0, 0.1) is 17.4 Å². The fourth-order valence-electron chi connectivity index (χ4n) is 5.44. The van der Waals surface area contributed by atoms with Gasteiger partial charge in [-0.1, -0.05) is 24.3 Å². The van der Waals surface area contributed by atoms with Crippen LogP contribution in [0.4, 0.5) is 0 Å². The largest absolute Gasteiger partial charge is 0.780 e. The number of rotatable bonds is 1. The minimum absolute atomic E-state index is 0.786. The number of nitrogens with zero attached hydrogens (tertiary/aromatic N) is 2. The Morgan fingerprint density at radius 2 is 1.55 bits per heavy atom. The molecule has 0 N–H and O–H groups in total. The zero-order valence-electron chi connectivity index (χ0n) is 17.9. The van der Waals surface area contributed by atoms with Crippen LogP contribution in [0.2, 0.25) is 0 Å². The van der Waals surface area contributed by atoms with Crippen LogP contribution in [0.15, 0.2) is 71.9 Å². The molecule has 3 aliphatic rings. The standard InChI is InChI=1S/C25H22BIN2O2/c1-15-13-17(3)28-24(15)23(19-9-11-20(27)12-10-19)25-16(2)14-18(4)29(25)26(28)30-21-7-5-6-8-22(21)31-26/h5-14H,1-4H3. The van der Waals surface area contributed by atoms with Crippen LogP contribution in [-0.4, -0.2) is 21.5 Å². The number of hydrogen-bond donors (Lipinski definition) is 0. The molecule has 1 spiro atoms. The van der Waals surface area contributed by atoms with E-state index in [1.165, 1.54) is 37.2 Å². The van der Waals surface area contributed by atoms with Gasteiger partial charge in [0, 0.05) is 27.8 Å². The fourth-order valence-corrected chi connectivity index (χ4v) is 5.80. The van der Waals surface area contributed by atoms with Crippen molar-refractivity contribution in [3.8, 4) is 11.5 Å². The molecule has 31 heavy (non-hydrogen) atoms. The van der Waals surface area contributed by atoms with Crippen LogP contribution >= 0.6 is 22.6 Å². The van der Waals surface area contributed by atoms with E-state index in [1.54, 1.807) is 0 Å². The molecule has 4 heterocycles. The molecule has 0 saturated heterocycles. The molecule has 0 saturated carbocycles. The second kappa shape index (κ2) is 6.39. The average Bonchev–Trinajstić information content (AvgIpc) is 3.35. The van der Waals surface area contributed by atoms with Crippen LogP contribution in [0.25, 0.3) is 5.57 Å². The summed E-state index contributed by atoms with van der Waals surface area (Å²) >= 11 is 2.36. The molecule has 6 heteroatoms. The Morgan fingerprint density at radius 1 is 0.903 bits per heavy atom. The molecule has 4 nitrogen and oxygen atoms in total. The molecule has 154 valence electrons. The van der Waals surface area contributed by atoms with Gasteiger partial charge in [0.05, 0.1) is 5.57 Å². The molecule has 0 amide bonds. The SMILES string of the molecule is CC1=CC(C)=[N+]2C1=C(c1ccc(I)cc1)c1c(C)cc(C)n1[B-]21Oc2ccccc2O1. The van der Waals surface area contributed by atoms with E-state index in [0.29, 0.717) is 0 Å². The average molecular weight is 520 g/mol. The van der Waals surface area contributed by atoms with Gasteiger partial charge in [0.25, 0.3) is 0 Å². The van der Waals surface area contributed by atoms with Crippen molar-refractivity contribution in [2.45, 2.75) is 27.7 Å². The Kier molecular flexibility index (Phi) is 3.91. The first kappa shape index (κ1) is 19.0. The van der Waals surface area contributed by atoms with Crippen LogP contribution in [0.1, 0.15) is 36.4 Å². The Labute approximate surface area is 195 Å². The predicted octanol–water partition coefficient (Wildman–Crippen LogP) is 5.67. The Hall–Kier alpha value is -2.74. The monoisotopic (exact) mass is 520 g/mol. The molecule has 0 fully saturated rings. The van der Waals surface area contributed by atoms with E-state index in [-0.39, 0.29) is 0 Å². The summed E-state index contributed by atoms with van der Waals surface area (Å²) in [5, 5.41) is 0. The number of aromatic nitrogens is 1. The number of benzene rings is 2. The lowest BCUT2D eigenvalue weighted by molar-refractivity contribution is -0.369. The van der Waals surface area contributed by atoms with Gasteiger partial charge < -0.3 is 18.3 Å². The van der Waals surface area contributed by atoms with Crippen molar-refractivity contribution in [3.05, 3.63) is 98.0 Å². The number of hydrogen-bond acceptors (Lipinski definition) is 2. The van der Waals surface area contributed by atoms with E-state index in [9.17, 15) is 0 Å². The maximum atomic E-state index is 6.73. The van der Waals surface area contributed by atoms with Gasteiger partial charge in [-0.3, -0.25) is 0 Å². The molecule has 0 atom stereocenters. The summed E-state index contributed by atoms with van der Waals surface area (Å²) in [4.78, 5) is 0. The highest BCUT2D eigenvalue weighted by molar-refractivity contribution is 14.1. The van der Waals surface area contributed by atoms with E-state index >= 15 is 0 Å². The third-order valence-corrected chi connectivity index (χ3v) is 7.23. The molecular formula is C25H22BIN2O2. The maximum Gasteiger partial charge on any atom is 0.780 e. The second-order valence-corrected chi connectivity index (χ2v) is 9.82. The summed E-state index contributed by atoms with van der Waals surface area (Å²) in [5.41, 5.74) is 9.45. The Morgan fingerprint density at radius 3 is 2.19 bits per heavy atom. The molecule has 0 unspecified atom stereocenters. The van der Waals surface area contributed by atoms with Crippen LogP contribution in [0.3, 0.4) is 0 Å². The van der Waals surface area contributed by atoms with Gasteiger partial charge in [-0.05, 0) is 90.5 Å². The molecular weight excluding hydrogens is 498 g/mol. The molecule has 0 bridgehead atoms. The number of allylic oxidation sites excluding steroid dienone is 2. The highest BCUT2D eigenvalue weighted by Crippen LogP contribution is 2.48. The van der Waals surface area contributed by atoms with E-state index < -0.39 is 6.82 Å². The summed E-state index contributed by atoms with van der Waals surface area (Å²) < 4.78 is 19.2. The summed E-state index contributed by atoms with van der Waals surface area (Å²) in [6.07, 6.45) is 2.23. The number of fused-ring (bicyclic) bond motifs is 5. The number of aryl methyl sites for hydroxylation is 2. The van der Waals surface area contributed by atoms with Crippen molar-refractivity contribution in [1.29, 1.82) is 0 Å². The van der Waals surface area contributed by atoms with Crippen molar-refractivity contribution in [3.63, 3.8) is 0 Å². The minimum atomic E-state index is -2.00. The fraction of sp³-hybridized carbons (Fsp3) is 0.160. The zero-order valence-corrected chi connectivity index (χ0v) is 20.1. The van der Waals surface area contributed by atoms with E-state index in [4.69, 9.17) is 9.31 Å². The van der Waals surface area contributed by atoms with Crippen LogP contribution in [0.5, 0.6) is 11.5 Å². The van der Waals surface area contributed by atoms with Gasteiger partial charge >= 0.3 is 6.82 Å². The van der Waals surface area contributed by atoms with E-state index in [2.05, 4.69) is 95.7 Å². The molecule has 0 aliphatic carbocycles. The number of para-hydroxylation sites is 2. The van der Waals surface area contributed by atoms with Crippen LogP contribution < -0.4 is 9.31 Å². The quantitative estimate of drug-likeness (QED) is 0.306. The Balaban J connectivity index is 1.72. The molecule has 6 rings (SSSR count). The predicted molar refractivity (Wildman–Crippen MR) is 133 cm³/mol. The summed E-state index contributed by atoms with van der Waals surface area (Å²) in [6.45, 7) is 6.63. The lowest BCUT2D eigenvalue weighted by Crippen LogP contribution is -2.65. The molecule has 2 aromatic carbocycles. The molecule has 1 aromatic heterocycles. The molecule has 3 aliphatic heterocycles. The smallest absolute Gasteiger partial charge is 0.599 e. The highest BCUT2D eigenvalue weighted by atomic mass is 127. The lowest BCUT2D eigenvalue weighted by Gasteiger charge is -2.39. The summed E-state index contributed by atoms with van der Waals surface area (Å²) in [5.74, 6) is 1.57. The lowest BCUT2D eigenvalue weighted by atomic mass is 9.78. The Bertz CT molecular complexity index is 1350. The van der Waals surface area contributed by atoms with Gasteiger partial charge in [-0.15, -0.1) is 0 Å². The highest BCUT2D eigenvalue weighted by Gasteiger charge is 2.62. The maximum absolute atomic E-state index is 6.73.